The molecule has 0 bridgehead atoms. The molecule has 1 aromatic rings. The fraction of sp³-hybridized carbons (Fsp3) is 0.273. The molecule has 1 aliphatic rings. The first-order valence-electron chi connectivity index (χ1n) is 4.63. The predicted octanol–water partition coefficient (Wildman–Crippen LogP) is 1.34. The molecule has 0 fully saturated rings. The lowest BCUT2D eigenvalue weighted by Crippen LogP contribution is -1.95. The first kappa shape index (κ1) is 9.86. The van der Waals surface area contributed by atoms with Crippen LogP contribution in [0.1, 0.15) is 11.1 Å². The maximum atomic E-state index is 9.84. The average Bonchev–Trinajstić information content (AvgIpc) is 2.67. The van der Waals surface area contributed by atoms with E-state index in [-0.39, 0.29) is 19.1 Å². The highest BCUT2D eigenvalue weighted by Gasteiger charge is 2.23. The van der Waals surface area contributed by atoms with Crippen molar-refractivity contribution in [3.63, 3.8) is 0 Å². The van der Waals surface area contributed by atoms with Crippen molar-refractivity contribution in [2.24, 2.45) is 0 Å². The van der Waals surface area contributed by atoms with Crippen LogP contribution in [-0.2, 0) is 13.0 Å². The third kappa shape index (κ3) is 1.53. The highest BCUT2D eigenvalue weighted by atomic mass is 16.7. The SMILES string of the molecule is C=CCc1cc2c(c(CO)c1O)OCO2. The molecule has 0 spiro atoms. The Hall–Kier alpha value is -1.68. The fourth-order valence-electron chi connectivity index (χ4n) is 1.62. The highest BCUT2D eigenvalue weighted by molar-refractivity contribution is 5.58. The molecule has 15 heavy (non-hydrogen) atoms. The molecule has 1 heterocycles. The molecule has 0 atom stereocenters. The van der Waals surface area contributed by atoms with Gasteiger partial charge in [0.25, 0.3) is 0 Å². The topological polar surface area (TPSA) is 58.9 Å². The lowest BCUT2D eigenvalue weighted by Gasteiger charge is -2.09. The number of allylic oxidation sites excluding steroid dienone is 1. The van der Waals surface area contributed by atoms with Gasteiger partial charge in [-0.3, -0.25) is 0 Å². The Balaban J connectivity index is 2.56. The lowest BCUT2D eigenvalue weighted by atomic mass is 10.0. The molecule has 0 saturated heterocycles. The van der Waals surface area contributed by atoms with E-state index in [2.05, 4.69) is 6.58 Å². The molecule has 2 rings (SSSR count). The Morgan fingerprint density at radius 3 is 2.93 bits per heavy atom. The zero-order valence-corrected chi connectivity index (χ0v) is 8.19. The summed E-state index contributed by atoms with van der Waals surface area (Å²) in [5.74, 6) is 1.05. The van der Waals surface area contributed by atoms with Crippen molar-refractivity contribution in [1.82, 2.24) is 0 Å². The molecule has 80 valence electrons. The summed E-state index contributed by atoms with van der Waals surface area (Å²) in [5, 5.41) is 19.0. The number of hydrogen-bond acceptors (Lipinski definition) is 4. The average molecular weight is 208 g/mol. The Morgan fingerprint density at radius 1 is 1.47 bits per heavy atom. The van der Waals surface area contributed by atoms with Crippen LogP contribution < -0.4 is 9.47 Å². The zero-order valence-electron chi connectivity index (χ0n) is 8.19. The van der Waals surface area contributed by atoms with Crippen molar-refractivity contribution >= 4 is 0 Å². The van der Waals surface area contributed by atoms with Gasteiger partial charge in [0.05, 0.1) is 12.2 Å². The molecule has 0 saturated carbocycles. The van der Waals surface area contributed by atoms with Gasteiger partial charge in [0.2, 0.25) is 6.79 Å². The van der Waals surface area contributed by atoms with Crippen LogP contribution in [-0.4, -0.2) is 17.0 Å². The third-order valence-corrected chi connectivity index (χ3v) is 2.33. The second-order valence-corrected chi connectivity index (χ2v) is 3.25. The van der Waals surface area contributed by atoms with E-state index < -0.39 is 0 Å². The number of aliphatic hydroxyl groups is 1. The van der Waals surface area contributed by atoms with Crippen molar-refractivity contribution < 1.29 is 19.7 Å². The van der Waals surface area contributed by atoms with Crippen LogP contribution in [0, 0.1) is 0 Å². The first-order valence-corrected chi connectivity index (χ1v) is 4.63. The van der Waals surface area contributed by atoms with Gasteiger partial charge in [-0.25, -0.2) is 0 Å². The van der Waals surface area contributed by atoms with E-state index >= 15 is 0 Å². The summed E-state index contributed by atoms with van der Waals surface area (Å²) in [6.07, 6.45) is 2.20. The van der Waals surface area contributed by atoms with E-state index in [4.69, 9.17) is 14.6 Å². The Kier molecular flexibility index (Phi) is 2.51. The maximum absolute atomic E-state index is 9.84. The summed E-state index contributed by atoms with van der Waals surface area (Å²) in [7, 11) is 0. The largest absolute Gasteiger partial charge is 0.507 e. The van der Waals surface area contributed by atoms with Crippen LogP contribution in [0.2, 0.25) is 0 Å². The molecule has 0 radical (unpaired) electrons. The van der Waals surface area contributed by atoms with Crippen LogP contribution >= 0.6 is 0 Å². The van der Waals surface area contributed by atoms with Crippen molar-refractivity contribution in [2.45, 2.75) is 13.0 Å². The summed E-state index contributed by atoms with van der Waals surface area (Å²) < 4.78 is 10.4. The van der Waals surface area contributed by atoms with Gasteiger partial charge in [0, 0.05) is 5.56 Å². The smallest absolute Gasteiger partial charge is 0.231 e. The van der Waals surface area contributed by atoms with Crippen LogP contribution in [0.3, 0.4) is 0 Å². The molecule has 0 aromatic heterocycles. The van der Waals surface area contributed by atoms with Gasteiger partial charge < -0.3 is 19.7 Å². The Bertz CT molecular complexity index is 398. The van der Waals surface area contributed by atoms with Gasteiger partial charge in [-0.15, -0.1) is 6.58 Å². The number of hydrogen-bond donors (Lipinski definition) is 2. The minimum absolute atomic E-state index is 0.0571. The van der Waals surface area contributed by atoms with Crippen LogP contribution in [0.15, 0.2) is 18.7 Å². The van der Waals surface area contributed by atoms with Crippen LogP contribution in [0.4, 0.5) is 0 Å². The fourth-order valence-corrected chi connectivity index (χ4v) is 1.62. The molecule has 1 aliphatic heterocycles. The summed E-state index contributed by atoms with van der Waals surface area (Å²) in [6, 6.07) is 1.71. The minimum atomic E-state index is -0.275. The lowest BCUT2D eigenvalue weighted by molar-refractivity contribution is 0.171. The summed E-state index contributed by atoms with van der Waals surface area (Å²) in [6.45, 7) is 3.45. The molecule has 0 amide bonds. The summed E-state index contributed by atoms with van der Waals surface area (Å²) in [5.41, 5.74) is 1.06. The van der Waals surface area contributed by atoms with Gasteiger partial charge in [-0.1, -0.05) is 6.08 Å². The first-order chi connectivity index (χ1) is 7.27. The number of fused-ring (bicyclic) bond motifs is 1. The zero-order chi connectivity index (χ0) is 10.8. The standard InChI is InChI=1S/C11H12O4/c1-2-3-7-4-9-11(15-6-14-9)8(5-12)10(7)13/h2,4,12-13H,1,3,5-6H2. The molecule has 0 unspecified atom stereocenters. The molecule has 1 aromatic carbocycles. The molecule has 4 nitrogen and oxygen atoms in total. The number of rotatable bonds is 3. The Morgan fingerprint density at radius 2 is 2.27 bits per heavy atom. The number of aromatic hydroxyl groups is 1. The second kappa shape index (κ2) is 3.82. The second-order valence-electron chi connectivity index (χ2n) is 3.25. The van der Waals surface area contributed by atoms with E-state index in [1.807, 2.05) is 0 Å². The van der Waals surface area contributed by atoms with Crippen molar-refractivity contribution in [1.29, 1.82) is 0 Å². The molecular formula is C11H12O4. The maximum Gasteiger partial charge on any atom is 0.231 e. The van der Waals surface area contributed by atoms with Crippen molar-refractivity contribution in [3.8, 4) is 17.2 Å². The molecule has 0 aliphatic carbocycles. The van der Waals surface area contributed by atoms with Gasteiger partial charge in [-0.05, 0) is 12.5 Å². The summed E-state index contributed by atoms with van der Waals surface area (Å²) >= 11 is 0. The van der Waals surface area contributed by atoms with E-state index in [1.165, 1.54) is 0 Å². The van der Waals surface area contributed by atoms with Gasteiger partial charge in [0.1, 0.15) is 5.75 Å². The van der Waals surface area contributed by atoms with E-state index in [9.17, 15) is 5.11 Å². The van der Waals surface area contributed by atoms with E-state index in [1.54, 1.807) is 12.1 Å². The monoisotopic (exact) mass is 208 g/mol. The van der Waals surface area contributed by atoms with Gasteiger partial charge in [-0.2, -0.15) is 0 Å². The quantitative estimate of drug-likeness (QED) is 0.736. The normalized spacial score (nSPS) is 12.9. The third-order valence-electron chi connectivity index (χ3n) is 2.33. The minimum Gasteiger partial charge on any atom is -0.507 e. The Labute approximate surface area is 87.4 Å². The van der Waals surface area contributed by atoms with Crippen molar-refractivity contribution in [3.05, 3.63) is 29.8 Å². The van der Waals surface area contributed by atoms with Crippen LogP contribution in [0.5, 0.6) is 17.2 Å². The number of ether oxygens (including phenoxy) is 2. The van der Waals surface area contributed by atoms with Gasteiger partial charge in [0.15, 0.2) is 11.5 Å². The molecular weight excluding hydrogens is 196 g/mol. The number of aliphatic hydroxyl groups excluding tert-OH is 1. The van der Waals surface area contributed by atoms with Gasteiger partial charge >= 0.3 is 0 Å². The predicted molar refractivity (Wildman–Crippen MR) is 54.1 cm³/mol. The van der Waals surface area contributed by atoms with E-state index in [0.29, 0.717) is 29.0 Å². The molecule has 4 heteroatoms. The van der Waals surface area contributed by atoms with Crippen molar-refractivity contribution in [2.75, 3.05) is 6.79 Å². The number of benzene rings is 1. The van der Waals surface area contributed by atoms with Crippen LogP contribution in [0.25, 0.3) is 0 Å². The summed E-state index contributed by atoms with van der Waals surface area (Å²) in [4.78, 5) is 0. The number of phenols is 1. The van der Waals surface area contributed by atoms with E-state index in [0.717, 1.165) is 0 Å². The highest BCUT2D eigenvalue weighted by Crippen LogP contribution is 2.42. The molecule has 2 N–H and O–H groups in total.